The first-order chi connectivity index (χ1) is 8.58. The van der Waals surface area contributed by atoms with Gasteiger partial charge in [0.25, 0.3) is 5.56 Å². The van der Waals surface area contributed by atoms with Crippen molar-refractivity contribution in [2.75, 3.05) is 0 Å². The normalized spacial score (nSPS) is 10.6. The van der Waals surface area contributed by atoms with Crippen molar-refractivity contribution in [3.63, 3.8) is 0 Å². The van der Waals surface area contributed by atoms with Crippen LogP contribution in [-0.4, -0.2) is 9.97 Å². The molecule has 18 heavy (non-hydrogen) atoms. The van der Waals surface area contributed by atoms with Crippen molar-refractivity contribution < 1.29 is 0 Å². The monoisotopic (exact) mass is 392 g/mol. The van der Waals surface area contributed by atoms with E-state index in [-0.39, 0.29) is 5.56 Å². The number of nitrogens with one attached hydrogen (secondary N) is 1. The van der Waals surface area contributed by atoms with Crippen LogP contribution in [-0.2, 0) is 5.75 Å². The molecule has 94 valence electrons. The summed E-state index contributed by atoms with van der Waals surface area (Å²) in [7, 11) is 0. The zero-order valence-electron chi connectivity index (χ0n) is 9.54. The molecule has 2 rings (SSSR count). The molecule has 6 heteroatoms. The first kappa shape index (κ1) is 13.9. The van der Waals surface area contributed by atoms with E-state index < -0.39 is 0 Å². The smallest absolute Gasteiger partial charge is 0.264 e. The van der Waals surface area contributed by atoms with Crippen molar-refractivity contribution in [1.29, 1.82) is 0 Å². The zero-order valence-corrected chi connectivity index (χ0v) is 13.3. The Morgan fingerprint density at radius 3 is 2.83 bits per heavy atom. The fourth-order valence-corrected chi connectivity index (χ4v) is 2.77. The molecule has 0 aliphatic heterocycles. The molecule has 0 aliphatic rings. The molecule has 0 amide bonds. The van der Waals surface area contributed by atoms with E-state index in [9.17, 15) is 4.79 Å². The average Bonchev–Trinajstić information content (AvgIpc) is 2.35. The highest BCUT2D eigenvalue weighted by molar-refractivity contribution is 14.1. The van der Waals surface area contributed by atoms with Crippen LogP contribution in [0.1, 0.15) is 11.5 Å². The number of halogens is 2. The van der Waals surface area contributed by atoms with Gasteiger partial charge < -0.3 is 4.98 Å². The van der Waals surface area contributed by atoms with Gasteiger partial charge in [-0.2, -0.15) is 0 Å². The van der Waals surface area contributed by atoms with Crippen molar-refractivity contribution in [3.05, 3.63) is 54.7 Å². The van der Waals surface area contributed by atoms with E-state index in [0.717, 1.165) is 10.6 Å². The number of aromatic nitrogens is 2. The Morgan fingerprint density at radius 1 is 1.44 bits per heavy atom. The van der Waals surface area contributed by atoms with E-state index >= 15 is 0 Å². The highest BCUT2D eigenvalue weighted by Gasteiger charge is 2.06. The van der Waals surface area contributed by atoms with Gasteiger partial charge in [-0.3, -0.25) is 4.79 Å². The Labute approximate surface area is 128 Å². The summed E-state index contributed by atoms with van der Waals surface area (Å²) in [6.07, 6.45) is 0. The summed E-state index contributed by atoms with van der Waals surface area (Å²) in [5.74, 6) is 1.26. The van der Waals surface area contributed by atoms with Crippen molar-refractivity contribution in [2.45, 2.75) is 17.6 Å². The van der Waals surface area contributed by atoms with Crippen LogP contribution in [0.3, 0.4) is 0 Å². The molecule has 1 heterocycles. The minimum Gasteiger partial charge on any atom is -0.309 e. The Hall–Kier alpha value is -0.530. The van der Waals surface area contributed by atoms with E-state index in [1.54, 1.807) is 11.8 Å². The standard InChI is InChI=1S/C12H10ClIN2OS/c1-7-11(14)12(17)16-10(15-7)6-18-9-5-3-2-4-8(9)13/h2-5H,6H2,1H3,(H,15,16,17). The van der Waals surface area contributed by atoms with Crippen LogP contribution < -0.4 is 5.56 Å². The second kappa shape index (κ2) is 6.08. The topological polar surface area (TPSA) is 45.8 Å². The van der Waals surface area contributed by atoms with Gasteiger partial charge in [-0.1, -0.05) is 23.7 Å². The highest BCUT2D eigenvalue weighted by Crippen LogP contribution is 2.28. The molecule has 0 aliphatic carbocycles. The molecule has 0 spiro atoms. The SMILES string of the molecule is Cc1nc(CSc2ccccc2Cl)[nH]c(=O)c1I. The third-order valence-corrected chi connectivity index (χ3v) is 5.08. The molecule has 1 aromatic heterocycles. The number of hydrogen-bond donors (Lipinski definition) is 1. The van der Waals surface area contributed by atoms with Crippen LogP contribution in [0.15, 0.2) is 34.0 Å². The van der Waals surface area contributed by atoms with Crippen molar-refractivity contribution in [2.24, 2.45) is 0 Å². The molecule has 0 bridgehead atoms. The fourth-order valence-electron chi connectivity index (χ4n) is 1.41. The van der Waals surface area contributed by atoms with Crippen LogP contribution in [0.5, 0.6) is 0 Å². The fraction of sp³-hybridized carbons (Fsp3) is 0.167. The average molecular weight is 393 g/mol. The van der Waals surface area contributed by atoms with Crippen LogP contribution in [0.25, 0.3) is 0 Å². The maximum absolute atomic E-state index is 11.6. The molecule has 0 saturated carbocycles. The number of H-pyrrole nitrogens is 1. The quantitative estimate of drug-likeness (QED) is 0.641. The number of aromatic amines is 1. The Bertz CT molecular complexity index is 630. The molecule has 1 aromatic carbocycles. The largest absolute Gasteiger partial charge is 0.309 e. The summed E-state index contributed by atoms with van der Waals surface area (Å²) in [5, 5.41) is 0.715. The van der Waals surface area contributed by atoms with Gasteiger partial charge in [0.2, 0.25) is 0 Å². The Kier molecular flexibility index (Phi) is 4.69. The lowest BCUT2D eigenvalue weighted by Gasteiger charge is -2.05. The second-order valence-corrected chi connectivity index (χ2v) is 6.13. The third-order valence-electron chi connectivity index (χ3n) is 2.28. The number of benzene rings is 1. The highest BCUT2D eigenvalue weighted by atomic mass is 127. The van der Waals surface area contributed by atoms with Crippen molar-refractivity contribution in [3.8, 4) is 0 Å². The van der Waals surface area contributed by atoms with Gasteiger partial charge in [0.15, 0.2) is 0 Å². The van der Waals surface area contributed by atoms with Gasteiger partial charge >= 0.3 is 0 Å². The first-order valence-corrected chi connectivity index (χ1v) is 7.65. The van der Waals surface area contributed by atoms with Crippen molar-refractivity contribution in [1.82, 2.24) is 9.97 Å². The molecule has 0 radical (unpaired) electrons. The van der Waals surface area contributed by atoms with Gasteiger partial charge in [-0.05, 0) is 41.6 Å². The van der Waals surface area contributed by atoms with Crippen LogP contribution in [0.2, 0.25) is 5.02 Å². The molecular formula is C12H10ClIN2OS. The molecule has 2 aromatic rings. The number of thioether (sulfide) groups is 1. The minimum atomic E-state index is -0.0853. The molecule has 1 N–H and O–H groups in total. The van der Waals surface area contributed by atoms with E-state index in [1.807, 2.05) is 53.8 Å². The lowest BCUT2D eigenvalue weighted by Crippen LogP contribution is -2.16. The van der Waals surface area contributed by atoms with Crippen molar-refractivity contribution >= 4 is 46.0 Å². The van der Waals surface area contributed by atoms with Crippen LogP contribution in [0, 0.1) is 10.5 Å². The minimum absolute atomic E-state index is 0.0853. The molecule has 3 nitrogen and oxygen atoms in total. The summed E-state index contributed by atoms with van der Waals surface area (Å²) < 4.78 is 0.638. The van der Waals surface area contributed by atoms with Crippen LogP contribution in [0.4, 0.5) is 0 Å². The maximum Gasteiger partial charge on any atom is 0.264 e. The zero-order chi connectivity index (χ0) is 13.1. The van der Waals surface area contributed by atoms with E-state index in [0.29, 0.717) is 20.2 Å². The predicted molar refractivity (Wildman–Crippen MR) is 83.3 cm³/mol. The summed E-state index contributed by atoms with van der Waals surface area (Å²) in [6.45, 7) is 1.83. The lowest BCUT2D eigenvalue weighted by atomic mass is 10.4. The lowest BCUT2D eigenvalue weighted by molar-refractivity contribution is 0.953. The molecule has 0 saturated heterocycles. The van der Waals surface area contributed by atoms with E-state index in [1.165, 1.54) is 0 Å². The summed E-state index contributed by atoms with van der Waals surface area (Å²) >= 11 is 9.62. The first-order valence-electron chi connectivity index (χ1n) is 5.20. The second-order valence-electron chi connectivity index (χ2n) is 3.63. The number of rotatable bonds is 3. The van der Waals surface area contributed by atoms with Gasteiger partial charge in [-0.25, -0.2) is 4.98 Å². The molecule has 0 unspecified atom stereocenters. The van der Waals surface area contributed by atoms with E-state index in [4.69, 9.17) is 11.6 Å². The van der Waals surface area contributed by atoms with Gasteiger partial charge in [0, 0.05) is 4.90 Å². The maximum atomic E-state index is 11.6. The Morgan fingerprint density at radius 2 is 2.17 bits per heavy atom. The van der Waals surface area contributed by atoms with Gasteiger partial charge in [0.1, 0.15) is 5.82 Å². The number of aryl methyl sites for hydroxylation is 1. The third kappa shape index (κ3) is 3.27. The molecule has 0 atom stereocenters. The summed E-state index contributed by atoms with van der Waals surface area (Å²) in [5.41, 5.74) is 0.673. The van der Waals surface area contributed by atoms with Gasteiger partial charge in [0.05, 0.1) is 20.0 Å². The molecular weight excluding hydrogens is 383 g/mol. The Balaban J connectivity index is 2.17. The summed E-state index contributed by atoms with van der Waals surface area (Å²) in [4.78, 5) is 19.7. The van der Waals surface area contributed by atoms with Crippen LogP contribution >= 0.6 is 46.0 Å². The molecule has 0 fully saturated rings. The number of hydrogen-bond acceptors (Lipinski definition) is 3. The summed E-state index contributed by atoms with van der Waals surface area (Å²) in [6, 6.07) is 7.62. The van der Waals surface area contributed by atoms with Gasteiger partial charge in [-0.15, -0.1) is 11.8 Å². The van der Waals surface area contributed by atoms with E-state index in [2.05, 4.69) is 9.97 Å². The predicted octanol–water partition coefficient (Wildman–Crippen LogP) is 3.63. The number of nitrogens with zero attached hydrogens (tertiary/aromatic N) is 1.